The van der Waals surface area contributed by atoms with E-state index < -0.39 is 0 Å². The molecule has 1 heterocycles. The maximum absolute atomic E-state index is 12.4. The second-order valence-corrected chi connectivity index (χ2v) is 6.70. The molecule has 1 aliphatic heterocycles. The smallest absolute Gasteiger partial charge is 0.227 e. The molecule has 1 aliphatic rings. The van der Waals surface area contributed by atoms with Crippen molar-refractivity contribution in [2.24, 2.45) is 0 Å². The molecule has 3 rings (SSSR count). The van der Waals surface area contributed by atoms with Gasteiger partial charge in [0.05, 0.1) is 6.42 Å². The molecule has 4 heteroatoms. The lowest BCUT2D eigenvalue weighted by Gasteiger charge is -2.34. The zero-order valence-electron chi connectivity index (χ0n) is 13.8. The van der Waals surface area contributed by atoms with Crippen molar-refractivity contribution in [1.29, 1.82) is 0 Å². The highest BCUT2D eigenvalue weighted by molar-refractivity contribution is 6.30. The summed E-state index contributed by atoms with van der Waals surface area (Å²) in [5.41, 5.74) is 2.40. The van der Waals surface area contributed by atoms with Crippen LogP contribution in [0.1, 0.15) is 11.1 Å². The van der Waals surface area contributed by atoms with Gasteiger partial charge in [0.2, 0.25) is 5.91 Å². The Bertz CT molecular complexity index is 649. The second-order valence-electron chi connectivity index (χ2n) is 6.26. The van der Waals surface area contributed by atoms with Crippen molar-refractivity contribution in [2.45, 2.75) is 12.8 Å². The van der Waals surface area contributed by atoms with Crippen molar-refractivity contribution in [3.8, 4) is 0 Å². The van der Waals surface area contributed by atoms with Crippen LogP contribution in [-0.4, -0.2) is 48.4 Å². The number of carbonyl (C=O) groups is 1. The van der Waals surface area contributed by atoms with E-state index in [2.05, 4.69) is 17.0 Å². The highest BCUT2D eigenvalue weighted by atomic mass is 35.5. The molecule has 1 saturated heterocycles. The first-order chi connectivity index (χ1) is 11.7. The predicted molar refractivity (Wildman–Crippen MR) is 98.3 cm³/mol. The van der Waals surface area contributed by atoms with Crippen molar-refractivity contribution in [3.63, 3.8) is 0 Å². The Morgan fingerprint density at radius 3 is 2.21 bits per heavy atom. The zero-order valence-corrected chi connectivity index (χ0v) is 14.6. The van der Waals surface area contributed by atoms with E-state index in [0.29, 0.717) is 6.42 Å². The Labute approximate surface area is 148 Å². The van der Waals surface area contributed by atoms with Gasteiger partial charge in [0.15, 0.2) is 0 Å². The van der Waals surface area contributed by atoms with Gasteiger partial charge in [-0.3, -0.25) is 9.69 Å². The monoisotopic (exact) mass is 342 g/mol. The quantitative estimate of drug-likeness (QED) is 0.832. The minimum atomic E-state index is 0.235. The molecule has 0 unspecified atom stereocenters. The third-order valence-corrected chi connectivity index (χ3v) is 4.81. The average molecular weight is 343 g/mol. The van der Waals surface area contributed by atoms with E-state index in [9.17, 15) is 4.79 Å². The number of nitrogens with zero attached hydrogens (tertiary/aromatic N) is 2. The topological polar surface area (TPSA) is 23.6 Å². The van der Waals surface area contributed by atoms with Crippen LogP contribution >= 0.6 is 11.6 Å². The molecular weight excluding hydrogens is 320 g/mol. The molecule has 0 N–H and O–H groups in total. The van der Waals surface area contributed by atoms with Gasteiger partial charge in [-0.2, -0.15) is 0 Å². The van der Waals surface area contributed by atoms with Crippen LogP contribution < -0.4 is 0 Å². The molecule has 0 bridgehead atoms. The van der Waals surface area contributed by atoms with Crippen LogP contribution in [0, 0.1) is 0 Å². The third-order valence-electron chi connectivity index (χ3n) is 4.55. The SMILES string of the molecule is O=C(Cc1ccccc1)N1CCN(CCc2ccc(Cl)cc2)CC1. The summed E-state index contributed by atoms with van der Waals surface area (Å²) in [7, 11) is 0. The Morgan fingerprint density at radius 1 is 0.875 bits per heavy atom. The maximum atomic E-state index is 12.4. The minimum Gasteiger partial charge on any atom is -0.340 e. The van der Waals surface area contributed by atoms with Gasteiger partial charge in [-0.15, -0.1) is 0 Å². The van der Waals surface area contributed by atoms with E-state index in [-0.39, 0.29) is 5.91 Å². The van der Waals surface area contributed by atoms with E-state index >= 15 is 0 Å². The summed E-state index contributed by atoms with van der Waals surface area (Å²) in [4.78, 5) is 16.8. The maximum Gasteiger partial charge on any atom is 0.227 e. The lowest BCUT2D eigenvalue weighted by atomic mass is 10.1. The number of halogens is 1. The second kappa shape index (κ2) is 8.32. The van der Waals surface area contributed by atoms with Gasteiger partial charge in [0.25, 0.3) is 0 Å². The van der Waals surface area contributed by atoms with E-state index in [4.69, 9.17) is 11.6 Å². The molecule has 126 valence electrons. The van der Waals surface area contributed by atoms with E-state index in [1.165, 1.54) is 5.56 Å². The molecular formula is C20H23ClN2O. The first-order valence-electron chi connectivity index (χ1n) is 8.49. The molecule has 0 saturated carbocycles. The number of hydrogen-bond acceptors (Lipinski definition) is 2. The van der Waals surface area contributed by atoms with E-state index in [0.717, 1.165) is 49.7 Å². The number of hydrogen-bond donors (Lipinski definition) is 0. The van der Waals surface area contributed by atoms with E-state index in [1.807, 2.05) is 47.4 Å². The summed E-state index contributed by atoms with van der Waals surface area (Å²) in [6, 6.07) is 18.0. The molecule has 0 atom stereocenters. The molecule has 24 heavy (non-hydrogen) atoms. The molecule has 2 aromatic carbocycles. The van der Waals surface area contributed by atoms with Crippen LogP contribution in [0.3, 0.4) is 0 Å². The molecule has 0 radical (unpaired) electrons. The van der Waals surface area contributed by atoms with Gasteiger partial charge in [0, 0.05) is 37.7 Å². The highest BCUT2D eigenvalue weighted by Gasteiger charge is 2.20. The first-order valence-corrected chi connectivity index (χ1v) is 8.87. The predicted octanol–water partition coefficient (Wildman–Crippen LogP) is 3.27. The molecule has 2 aromatic rings. The summed E-state index contributed by atoms with van der Waals surface area (Å²) in [6.45, 7) is 4.59. The van der Waals surface area contributed by atoms with Crippen LogP contribution in [0.25, 0.3) is 0 Å². The summed E-state index contributed by atoms with van der Waals surface area (Å²) >= 11 is 5.92. The molecule has 1 amide bonds. The van der Waals surface area contributed by atoms with Crippen LogP contribution in [0.4, 0.5) is 0 Å². The normalized spacial score (nSPS) is 15.5. The van der Waals surface area contributed by atoms with Gasteiger partial charge in [-0.25, -0.2) is 0 Å². The molecule has 0 aliphatic carbocycles. The van der Waals surface area contributed by atoms with Crippen LogP contribution in [-0.2, 0) is 17.6 Å². The Hall–Kier alpha value is -1.84. The number of amides is 1. The van der Waals surface area contributed by atoms with Crippen molar-refractivity contribution >= 4 is 17.5 Å². The van der Waals surface area contributed by atoms with Crippen molar-refractivity contribution in [2.75, 3.05) is 32.7 Å². The average Bonchev–Trinajstić information content (AvgIpc) is 2.62. The standard InChI is InChI=1S/C20H23ClN2O/c21-19-8-6-17(7-9-19)10-11-22-12-14-23(15-13-22)20(24)16-18-4-2-1-3-5-18/h1-9H,10-16H2. The van der Waals surface area contributed by atoms with Crippen LogP contribution in [0.2, 0.25) is 5.02 Å². The Kier molecular flexibility index (Phi) is 5.89. The van der Waals surface area contributed by atoms with Crippen molar-refractivity contribution in [1.82, 2.24) is 9.80 Å². The summed E-state index contributed by atoms with van der Waals surface area (Å²) in [5, 5.41) is 0.782. The van der Waals surface area contributed by atoms with Crippen LogP contribution in [0.5, 0.6) is 0 Å². The zero-order chi connectivity index (χ0) is 16.8. The fourth-order valence-corrected chi connectivity index (χ4v) is 3.17. The van der Waals surface area contributed by atoms with Gasteiger partial charge < -0.3 is 4.90 Å². The number of piperazine rings is 1. The fourth-order valence-electron chi connectivity index (χ4n) is 3.04. The molecule has 0 aromatic heterocycles. The van der Waals surface area contributed by atoms with Crippen molar-refractivity contribution in [3.05, 3.63) is 70.7 Å². The summed E-state index contributed by atoms with van der Waals surface area (Å²) in [5.74, 6) is 0.235. The third kappa shape index (κ3) is 4.83. The highest BCUT2D eigenvalue weighted by Crippen LogP contribution is 2.11. The van der Waals surface area contributed by atoms with Crippen molar-refractivity contribution < 1.29 is 4.79 Å². The Morgan fingerprint density at radius 2 is 1.54 bits per heavy atom. The summed E-state index contributed by atoms with van der Waals surface area (Å²) in [6.07, 6.45) is 1.53. The lowest BCUT2D eigenvalue weighted by molar-refractivity contribution is -0.132. The molecule has 0 spiro atoms. The van der Waals surface area contributed by atoms with Gasteiger partial charge in [-0.1, -0.05) is 54.1 Å². The number of carbonyl (C=O) groups excluding carboxylic acids is 1. The lowest BCUT2D eigenvalue weighted by Crippen LogP contribution is -2.49. The van der Waals surface area contributed by atoms with Crippen LogP contribution in [0.15, 0.2) is 54.6 Å². The first kappa shape index (κ1) is 17.0. The van der Waals surface area contributed by atoms with E-state index in [1.54, 1.807) is 0 Å². The minimum absolute atomic E-state index is 0.235. The summed E-state index contributed by atoms with van der Waals surface area (Å²) < 4.78 is 0. The molecule has 1 fully saturated rings. The molecule has 3 nitrogen and oxygen atoms in total. The van der Waals surface area contributed by atoms with Gasteiger partial charge in [0.1, 0.15) is 0 Å². The Balaban J connectivity index is 1.42. The number of rotatable bonds is 5. The van der Waals surface area contributed by atoms with Gasteiger partial charge >= 0.3 is 0 Å². The largest absolute Gasteiger partial charge is 0.340 e. The number of benzene rings is 2. The fraction of sp³-hybridized carbons (Fsp3) is 0.350. The van der Waals surface area contributed by atoms with Gasteiger partial charge in [-0.05, 0) is 29.7 Å².